The van der Waals surface area contributed by atoms with Gasteiger partial charge in [-0.05, 0) is 36.5 Å². The Kier molecular flexibility index (Phi) is 4.71. The van der Waals surface area contributed by atoms with Gasteiger partial charge in [0.1, 0.15) is 11.7 Å². The monoisotopic (exact) mass is 344 g/mol. The van der Waals surface area contributed by atoms with Gasteiger partial charge in [0.05, 0.1) is 0 Å². The van der Waals surface area contributed by atoms with Gasteiger partial charge in [-0.25, -0.2) is 9.97 Å². The molecule has 4 nitrogen and oxygen atoms in total. The topological polar surface area (TPSA) is 54.5 Å². The molecule has 2 aromatic heterocycles. The minimum absolute atomic E-state index is 0.256. The van der Waals surface area contributed by atoms with Crippen LogP contribution in [0.3, 0.4) is 0 Å². The zero-order chi connectivity index (χ0) is 17.9. The first-order chi connectivity index (χ1) is 12.8. The summed E-state index contributed by atoms with van der Waals surface area (Å²) in [5.41, 5.74) is 4.88. The van der Waals surface area contributed by atoms with Gasteiger partial charge in [-0.3, -0.25) is 0 Å². The van der Waals surface area contributed by atoms with Crippen LogP contribution in [0.2, 0.25) is 0 Å². The molecule has 2 heterocycles. The van der Waals surface area contributed by atoms with Crippen molar-refractivity contribution in [1.29, 1.82) is 5.26 Å². The second-order valence-corrected chi connectivity index (χ2v) is 7.23. The number of hydrogen-bond donors (Lipinski definition) is 0. The van der Waals surface area contributed by atoms with E-state index in [-0.39, 0.29) is 5.82 Å². The number of rotatable bonds is 4. The molecule has 0 aliphatic heterocycles. The summed E-state index contributed by atoms with van der Waals surface area (Å²) in [6.07, 6.45) is 9.99. The van der Waals surface area contributed by atoms with Crippen LogP contribution in [0, 0.1) is 11.3 Å². The molecule has 4 rings (SSSR count). The van der Waals surface area contributed by atoms with Crippen LogP contribution in [-0.2, 0) is 12.8 Å². The van der Waals surface area contributed by atoms with Crippen molar-refractivity contribution in [2.24, 2.45) is 0 Å². The predicted octanol–water partition coefficient (Wildman–Crippen LogP) is 4.96. The summed E-state index contributed by atoms with van der Waals surface area (Å²) in [5.74, 6) is 0.256. The fourth-order valence-corrected chi connectivity index (χ4v) is 4.10. The van der Waals surface area contributed by atoms with Gasteiger partial charge in [-0.15, -0.1) is 0 Å². The van der Waals surface area contributed by atoms with Gasteiger partial charge in [0.15, 0.2) is 0 Å². The third-order valence-electron chi connectivity index (χ3n) is 5.51. The van der Waals surface area contributed by atoms with Crippen molar-refractivity contribution < 1.29 is 0 Å². The highest BCUT2D eigenvalue weighted by Crippen LogP contribution is 2.33. The van der Waals surface area contributed by atoms with Gasteiger partial charge in [0, 0.05) is 29.7 Å². The van der Waals surface area contributed by atoms with E-state index in [1.54, 1.807) is 6.20 Å². The molecule has 1 fully saturated rings. The molecular weight excluding hydrogens is 320 g/mol. The van der Waals surface area contributed by atoms with Gasteiger partial charge in [-0.2, -0.15) is 5.26 Å². The molecule has 1 saturated carbocycles. The highest BCUT2D eigenvalue weighted by atomic mass is 15.1. The smallest absolute Gasteiger partial charge is 0.234 e. The lowest BCUT2D eigenvalue weighted by Crippen LogP contribution is -2.16. The van der Waals surface area contributed by atoms with Crippen LogP contribution in [-0.4, -0.2) is 14.5 Å². The summed E-state index contributed by atoms with van der Waals surface area (Å²) in [5, 5.41) is 10.2. The van der Waals surface area contributed by atoms with Crippen LogP contribution < -0.4 is 0 Å². The molecule has 132 valence electrons. The Morgan fingerprint density at radius 1 is 1.12 bits per heavy atom. The lowest BCUT2D eigenvalue weighted by atomic mass is 9.95. The van der Waals surface area contributed by atoms with E-state index in [1.807, 2.05) is 0 Å². The molecule has 0 amide bonds. The summed E-state index contributed by atoms with van der Waals surface area (Å²) in [6, 6.07) is 13.7. The molecule has 0 bridgehead atoms. The Morgan fingerprint density at radius 3 is 2.54 bits per heavy atom. The Labute approximate surface area is 154 Å². The molecule has 0 saturated heterocycles. The van der Waals surface area contributed by atoms with E-state index in [9.17, 15) is 5.26 Å². The Balaban J connectivity index is 1.77. The summed E-state index contributed by atoms with van der Waals surface area (Å²) in [6.45, 7) is 2.18. The molecule has 26 heavy (non-hydrogen) atoms. The molecule has 1 aliphatic rings. The second-order valence-electron chi connectivity index (χ2n) is 7.23. The highest BCUT2D eigenvalue weighted by Gasteiger charge is 2.21. The number of aromatic nitrogens is 3. The first kappa shape index (κ1) is 16.8. The molecule has 3 aromatic rings. The fourth-order valence-electron chi connectivity index (χ4n) is 4.10. The van der Waals surface area contributed by atoms with Crippen LogP contribution in [0.25, 0.3) is 11.0 Å². The first-order valence-electron chi connectivity index (χ1n) is 9.63. The van der Waals surface area contributed by atoms with Crippen molar-refractivity contribution in [1.82, 2.24) is 14.5 Å². The van der Waals surface area contributed by atoms with Crippen LogP contribution in [0.5, 0.6) is 0 Å². The van der Waals surface area contributed by atoms with Crippen LogP contribution in [0.1, 0.15) is 67.7 Å². The summed E-state index contributed by atoms with van der Waals surface area (Å²) in [4.78, 5) is 8.72. The van der Waals surface area contributed by atoms with E-state index in [4.69, 9.17) is 0 Å². The van der Waals surface area contributed by atoms with Crippen LogP contribution >= 0.6 is 0 Å². The average Bonchev–Trinajstić information content (AvgIpc) is 3.06. The van der Waals surface area contributed by atoms with Crippen molar-refractivity contribution in [2.45, 2.75) is 57.9 Å². The maximum atomic E-state index is 9.21. The van der Waals surface area contributed by atoms with Crippen LogP contribution in [0.4, 0.5) is 0 Å². The molecule has 4 heteroatoms. The second kappa shape index (κ2) is 7.29. The standard InChI is InChI=1S/C22H24N4/c1-2-16-8-10-17(11-9-16)12-20-13-18-15-24-21(14-23)25-22(18)26(20)19-6-4-3-5-7-19/h8-11,13,15,19H,2-7,12H2,1H3. The van der Waals surface area contributed by atoms with Gasteiger partial charge < -0.3 is 4.57 Å². The molecule has 0 radical (unpaired) electrons. The zero-order valence-electron chi connectivity index (χ0n) is 15.3. The average molecular weight is 344 g/mol. The van der Waals surface area contributed by atoms with E-state index >= 15 is 0 Å². The quantitative estimate of drug-likeness (QED) is 0.672. The fraction of sp³-hybridized carbons (Fsp3) is 0.409. The Hall–Kier alpha value is -2.67. The molecule has 1 aliphatic carbocycles. The van der Waals surface area contributed by atoms with Crippen molar-refractivity contribution in [2.75, 3.05) is 0 Å². The van der Waals surface area contributed by atoms with Gasteiger partial charge >= 0.3 is 0 Å². The number of aryl methyl sites for hydroxylation is 1. The maximum absolute atomic E-state index is 9.21. The van der Waals surface area contributed by atoms with Gasteiger partial charge in [-0.1, -0.05) is 50.5 Å². The van der Waals surface area contributed by atoms with Crippen molar-refractivity contribution >= 4 is 11.0 Å². The summed E-state index contributed by atoms with van der Waals surface area (Å²) < 4.78 is 2.39. The largest absolute Gasteiger partial charge is 0.326 e. The van der Waals surface area contributed by atoms with Gasteiger partial charge in [0.25, 0.3) is 0 Å². The number of hydrogen-bond acceptors (Lipinski definition) is 3. The molecule has 0 spiro atoms. The highest BCUT2D eigenvalue weighted by molar-refractivity contribution is 5.77. The lowest BCUT2D eigenvalue weighted by molar-refractivity contribution is 0.354. The summed E-state index contributed by atoms with van der Waals surface area (Å²) in [7, 11) is 0. The SMILES string of the molecule is CCc1ccc(Cc2cc3cnc(C#N)nc3n2C2CCCCC2)cc1. The molecule has 0 N–H and O–H groups in total. The van der Waals surface area contributed by atoms with Gasteiger partial charge in [0.2, 0.25) is 5.82 Å². The molecule has 1 aromatic carbocycles. The number of nitrogens with zero attached hydrogens (tertiary/aromatic N) is 4. The van der Waals surface area contributed by atoms with E-state index < -0.39 is 0 Å². The van der Waals surface area contributed by atoms with E-state index in [1.165, 1.54) is 48.9 Å². The van der Waals surface area contributed by atoms with E-state index in [2.05, 4.69) is 57.9 Å². The number of nitriles is 1. The number of fused-ring (bicyclic) bond motifs is 1. The third-order valence-corrected chi connectivity index (χ3v) is 5.51. The third kappa shape index (κ3) is 3.22. The normalized spacial score (nSPS) is 15.2. The lowest BCUT2D eigenvalue weighted by Gasteiger charge is -2.26. The maximum Gasteiger partial charge on any atom is 0.234 e. The summed E-state index contributed by atoms with van der Waals surface area (Å²) >= 11 is 0. The zero-order valence-corrected chi connectivity index (χ0v) is 15.3. The predicted molar refractivity (Wildman–Crippen MR) is 103 cm³/mol. The Bertz CT molecular complexity index is 941. The first-order valence-corrected chi connectivity index (χ1v) is 9.63. The minimum Gasteiger partial charge on any atom is -0.326 e. The van der Waals surface area contributed by atoms with Crippen molar-refractivity contribution in [3.8, 4) is 6.07 Å². The molecular formula is C22H24N4. The van der Waals surface area contributed by atoms with Crippen molar-refractivity contribution in [3.05, 3.63) is 59.2 Å². The molecule has 0 unspecified atom stereocenters. The van der Waals surface area contributed by atoms with E-state index in [0.717, 1.165) is 23.9 Å². The number of benzene rings is 1. The molecule has 0 atom stereocenters. The van der Waals surface area contributed by atoms with Crippen LogP contribution in [0.15, 0.2) is 36.5 Å². The van der Waals surface area contributed by atoms with E-state index in [0.29, 0.717) is 6.04 Å². The Morgan fingerprint density at radius 2 is 1.85 bits per heavy atom. The minimum atomic E-state index is 0.256. The van der Waals surface area contributed by atoms with Crippen molar-refractivity contribution in [3.63, 3.8) is 0 Å².